The van der Waals surface area contributed by atoms with Crippen LogP contribution in [0, 0.1) is 0 Å². The second kappa shape index (κ2) is 6.36. The zero-order valence-electron chi connectivity index (χ0n) is 12.2. The molecule has 6 heteroatoms. The van der Waals surface area contributed by atoms with Crippen molar-refractivity contribution in [2.75, 3.05) is 0 Å². The van der Waals surface area contributed by atoms with Crippen LogP contribution in [0.25, 0.3) is 0 Å². The molecule has 20 heavy (non-hydrogen) atoms. The van der Waals surface area contributed by atoms with Gasteiger partial charge in [0.25, 0.3) is 5.91 Å². The second-order valence-electron chi connectivity index (χ2n) is 4.62. The standard InChI is InChI=1S/C14H21N5O/c1-4-10-7-8-12(17-10)14(20)18-11(5-2)13-15-9-16-19(13)6-3/h7-9,11,17H,4-6H2,1-3H3,(H,18,20)/t11-/m1/s1. The number of aromatic nitrogens is 4. The number of nitrogens with zero attached hydrogens (tertiary/aromatic N) is 3. The van der Waals surface area contributed by atoms with Gasteiger partial charge in [-0.1, -0.05) is 13.8 Å². The lowest BCUT2D eigenvalue weighted by molar-refractivity contribution is 0.0928. The monoisotopic (exact) mass is 275 g/mol. The summed E-state index contributed by atoms with van der Waals surface area (Å²) in [7, 11) is 0. The van der Waals surface area contributed by atoms with Gasteiger partial charge in [0.05, 0.1) is 6.04 Å². The summed E-state index contributed by atoms with van der Waals surface area (Å²) in [6, 6.07) is 3.62. The smallest absolute Gasteiger partial charge is 0.268 e. The molecule has 2 aromatic heterocycles. The van der Waals surface area contributed by atoms with E-state index in [0.29, 0.717) is 5.69 Å². The molecule has 0 aromatic carbocycles. The number of carbonyl (C=O) groups is 1. The van der Waals surface area contributed by atoms with Gasteiger partial charge in [0, 0.05) is 12.2 Å². The predicted octanol–water partition coefficient (Wildman–Crippen LogP) is 2.07. The summed E-state index contributed by atoms with van der Waals surface area (Å²) in [5.74, 6) is 0.688. The van der Waals surface area contributed by atoms with E-state index < -0.39 is 0 Å². The van der Waals surface area contributed by atoms with Crippen LogP contribution in [0.4, 0.5) is 0 Å². The highest BCUT2D eigenvalue weighted by Crippen LogP contribution is 2.14. The number of nitrogens with one attached hydrogen (secondary N) is 2. The lowest BCUT2D eigenvalue weighted by Gasteiger charge is -2.16. The van der Waals surface area contributed by atoms with Gasteiger partial charge in [-0.3, -0.25) is 4.79 Å². The highest BCUT2D eigenvalue weighted by molar-refractivity contribution is 5.92. The van der Waals surface area contributed by atoms with E-state index in [2.05, 4.69) is 20.4 Å². The van der Waals surface area contributed by atoms with Crippen LogP contribution in [-0.2, 0) is 13.0 Å². The van der Waals surface area contributed by atoms with Crippen molar-refractivity contribution < 1.29 is 4.79 Å². The summed E-state index contributed by atoms with van der Waals surface area (Å²) in [6.45, 7) is 6.81. The summed E-state index contributed by atoms with van der Waals surface area (Å²) in [4.78, 5) is 19.6. The van der Waals surface area contributed by atoms with Crippen molar-refractivity contribution in [3.63, 3.8) is 0 Å². The SMILES string of the molecule is CCc1ccc(C(=O)N[C@H](CC)c2ncnn2CC)[nH]1. The molecule has 0 aliphatic carbocycles. The molecule has 2 heterocycles. The van der Waals surface area contributed by atoms with Gasteiger partial charge >= 0.3 is 0 Å². The maximum atomic E-state index is 12.2. The molecule has 1 amide bonds. The van der Waals surface area contributed by atoms with Gasteiger partial charge in [-0.2, -0.15) is 5.10 Å². The van der Waals surface area contributed by atoms with Crippen molar-refractivity contribution in [3.05, 3.63) is 35.7 Å². The highest BCUT2D eigenvalue weighted by atomic mass is 16.2. The number of aryl methyl sites for hydroxylation is 2. The molecule has 108 valence electrons. The fraction of sp³-hybridized carbons (Fsp3) is 0.500. The van der Waals surface area contributed by atoms with Crippen molar-refractivity contribution in [2.45, 2.75) is 46.2 Å². The Morgan fingerprint density at radius 3 is 2.80 bits per heavy atom. The van der Waals surface area contributed by atoms with E-state index >= 15 is 0 Å². The third kappa shape index (κ3) is 2.89. The van der Waals surface area contributed by atoms with Gasteiger partial charge in [-0.05, 0) is 31.9 Å². The van der Waals surface area contributed by atoms with Crippen LogP contribution in [0.1, 0.15) is 55.2 Å². The van der Waals surface area contributed by atoms with Crippen molar-refractivity contribution in [1.82, 2.24) is 25.1 Å². The molecule has 0 fully saturated rings. The Morgan fingerprint density at radius 2 is 2.20 bits per heavy atom. The van der Waals surface area contributed by atoms with Gasteiger partial charge in [0.15, 0.2) is 0 Å². The van der Waals surface area contributed by atoms with E-state index in [1.807, 2.05) is 32.9 Å². The Labute approximate surface area is 118 Å². The van der Waals surface area contributed by atoms with Gasteiger partial charge < -0.3 is 10.3 Å². The maximum absolute atomic E-state index is 12.2. The molecular weight excluding hydrogens is 254 g/mol. The van der Waals surface area contributed by atoms with Crippen LogP contribution < -0.4 is 5.32 Å². The lowest BCUT2D eigenvalue weighted by atomic mass is 10.2. The van der Waals surface area contributed by atoms with E-state index in [1.165, 1.54) is 6.33 Å². The predicted molar refractivity (Wildman–Crippen MR) is 76.4 cm³/mol. The van der Waals surface area contributed by atoms with E-state index in [-0.39, 0.29) is 11.9 Å². The minimum atomic E-state index is -0.127. The minimum Gasteiger partial charge on any atom is -0.354 e. The van der Waals surface area contributed by atoms with Gasteiger partial charge in [-0.25, -0.2) is 9.67 Å². The Bertz CT molecular complexity index is 572. The molecule has 0 aliphatic heterocycles. The second-order valence-corrected chi connectivity index (χ2v) is 4.62. The number of carbonyl (C=O) groups excluding carboxylic acids is 1. The molecule has 0 radical (unpaired) electrons. The quantitative estimate of drug-likeness (QED) is 0.847. The van der Waals surface area contributed by atoms with Crippen LogP contribution in [0.15, 0.2) is 18.5 Å². The molecule has 0 bridgehead atoms. The van der Waals surface area contributed by atoms with Crippen LogP contribution in [0.5, 0.6) is 0 Å². The lowest BCUT2D eigenvalue weighted by Crippen LogP contribution is -2.30. The Kier molecular flexibility index (Phi) is 4.55. The van der Waals surface area contributed by atoms with Crippen molar-refractivity contribution in [3.8, 4) is 0 Å². The first-order valence-corrected chi connectivity index (χ1v) is 7.06. The average molecular weight is 275 g/mol. The average Bonchev–Trinajstić information content (AvgIpc) is 3.12. The first kappa shape index (κ1) is 14.3. The molecule has 0 saturated carbocycles. The number of aromatic amines is 1. The first-order chi connectivity index (χ1) is 9.69. The van der Waals surface area contributed by atoms with Gasteiger partial charge in [-0.15, -0.1) is 0 Å². The van der Waals surface area contributed by atoms with E-state index in [4.69, 9.17) is 0 Å². The van der Waals surface area contributed by atoms with Gasteiger partial charge in [0.1, 0.15) is 17.8 Å². The number of amides is 1. The molecule has 0 saturated heterocycles. The van der Waals surface area contributed by atoms with E-state index in [9.17, 15) is 4.79 Å². The van der Waals surface area contributed by atoms with Crippen LogP contribution in [0.3, 0.4) is 0 Å². The van der Waals surface area contributed by atoms with Crippen LogP contribution in [-0.4, -0.2) is 25.7 Å². The zero-order valence-corrected chi connectivity index (χ0v) is 12.2. The fourth-order valence-electron chi connectivity index (χ4n) is 2.15. The molecule has 1 atom stereocenters. The fourth-order valence-corrected chi connectivity index (χ4v) is 2.15. The Morgan fingerprint density at radius 1 is 1.40 bits per heavy atom. The summed E-state index contributed by atoms with van der Waals surface area (Å²) in [5.41, 5.74) is 1.64. The number of hydrogen-bond donors (Lipinski definition) is 2. The minimum absolute atomic E-state index is 0.109. The normalized spacial score (nSPS) is 12.3. The third-order valence-corrected chi connectivity index (χ3v) is 3.34. The molecule has 0 spiro atoms. The number of hydrogen-bond acceptors (Lipinski definition) is 3. The summed E-state index contributed by atoms with van der Waals surface area (Å²) in [6.07, 6.45) is 3.18. The van der Waals surface area contributed by atoms with E-state index in [0.717, 1.165) is 30.9 Å². The zero-order chi connectivity index (χ0) is 14.5. The molecule has 0 aliphatic rings. The molecule has 6 nitrogen and oxygen atoms in total. The van der Waals surface area contributed by atoms with Crippen LogP contribution >= 0.6 is 0 Å². The maximum Gasteiger partial charge on any atom is 0.268 e. The van der Waals surface area contributed by atoms with Crippen molar-refractivity contribution >= 4 is 5.91 Å². The largest absolute Gasteiger partial charge is 0.354 e. The number of rotatable bonds is 6. The highest BCUT2D eigenvalue weighted by Gasteiger charge is 2.19. The number of H-pyrrole nitrogens is 1. The Hall–Kier alpha value is -2.11. The first-order valence-electron chi connectivity index (χ1n) is 7.06. The summed E-state index contributed by atoms with van der Waals surface area (Å²) in [5, 5.41) is 7.15. The molecule has 0 unspecified atom stereocenters. The molecule has 2 N–H and O–H groups in total. The molecule has 2 rings (SSSR count). The van der Waals surface area contributed by atoms with E-state index in [1.54, 1.807) is 4.68 Å². The topological polar surface area (TPSA) is 75.6 Å². The third-order valence-electron chi connectivity index (χ3n) is 3.34. The molecule has 2 aromatic rings. The summed E-state index contributed by atoms with van der Waals surface area (Å²) < 4.78 is 1.81. The van der Waals surface area contributed by atoms with Gasteiger partial charge in [0.2, 0.25) is 0 Å². The van der Waals surface area contributed by atoms with Crippen molar-refractivity contribution in [1.29, 1.82) is 0 Å². The van der Waals surface area contributed by atoms with Crippen LogP contribution in [0.2, 0.25) is 0 Å². The molecular formula is C14H21N5O. The van der Waals surface area contributed by atoms with Crippen molar-refractivity contribution in [2.24, 2.45) is 0 Å². The summed E-state index contributed by atoms with van der Waals surface area (Å²) >= 11 is 0. The Balaban J connectivity index is 2.12.